The van der Waals surface area contributed by atoms with Crippen LogP contribution in [0.3, 0.4) is 0 Å². The maximum Gasteiger partial charge on any atom is 0.314 e. The Morgan fingerprint density at radius 1 is 0.839 bits per heavy atom. The fourth-order valence-electron chi connectivity index (χ4n) is 5.72. The summed E-state index contributed by atoms with van der Waals surface area (Å²) in [6, 6.07) is 3.86. The monoisotopic (exact) mass is 427 g/mol. The maximum atomic E-state index is 12.6. The topological polar surface area (TPSA) is 39.2 Å². The van der Waals surface area contributed by atoms with Crippen LogP contribution in [0.2, 0.25) is 0 Å². The van der Waals surface area contributed by atoms with Gasteiger partial charge in [-0.05, 0) is 62.0 Å². The second-order valence-electron chi connectivity index (χ2n) is 10.3. The maximum absolute atomic E-state index is 12.6. The van der Waals surface area contributed by atoms with Gasteiger partial charge in [-0.2, -0.15) is 0 Å². The molecule has 31 heavy (non-hydrogen) atoms. The predicted molar refractivity (Wildman–Crippen MR) is 128 cm³/mol. The first-order chi connectivity index (χ1) is 15.2. The first kappa shape index (κ1) is 24.3. The van der Waals surface area contributed by atoms with Crippen molar-refractivity contribution in [1.29, 1.82) is 0 Å². The van der Waals surface area contributed by atoms with Crippen molar-refractivity contribution in [3.8, 4) is 5.75 Å². The molecule has 3 rings (SSSR count). The van der Waals surface area contributed by atoms with Crippen LogP contribution in [0.5, 0.6) is 5.75 Å². The van der Waals surface area contributed by atoms with Gasteiger partial charge in [0.05, 0.1) is 12.1 Å². The smallest absolute Gasteiger partial charge is 0.314 e. The normalized spacial score (nSPS) is 26.5. The van der Waals surface area contributed by atoms with Gasteiger partial charge < -0.3 is 4.74 Å². The summed E-state index contributed by atoms with van der Waals surface area (Å²) < 4.78 is 5.62. The van der Waals surface area contributed by atoms with E-state index >= 15 is 0 Å². The van der Waals surface area contributed by atoms with Gasteiger partial charge in [0.2, 0.25) is 0 Å². The molecule has 0 N–H and O–H groups in total. The summed E-state index contributed by atoms with van der Waals surface area (Å²) in [5, 5.41) is 0. The van der Waals surface area contributed by atoms with Crippen LogP contribution in [0, 0.1) is 23.7 Å². The lowest BCUT2D eigenvalue weighted by Gasteiger charge is -2.31. The molecule has 3 heteroatoms. The number of carbonyl (C=O) groups excluding carboxylic acids is 1. The van der Waals surface area contributed by atoms with Crippen LogP contribution >= 0.6 is 0 Å². The van der Waals surface area contributed by atoms with Crippen molar-refractivity contribution in [2.24, 2.45) is 23.7 Å². The van der Waals surface area contributed by atoms with Crippen LogP contribution in [0.4, 0.5) is 0 Å². The van der Waals surface area contributed by atoms with E-state index < -0.39 is 0 Å². The molecule has 0 saturated heterocycles. The first-order valence-electron chi connectivity index (χ1n) is 13.3. The van der Waals surface area contributed by atoms with Gasteiger partial charge in [0.1, 0.15) is 5.75 Å². The molecule has 0 radical (unpaired) electrons. The molecule has 2 aliphatic carbocycles. The number of hydrogen-bond acceptors (Lipinski definition) is 3. The Kier molecular flexibility index (Phi) is 10.4. The lowest BCUT2D eigenvalue weighted by molar-refractivity contribution is -0.140. The van der Waals surface area contributed by atoms with Gasteiger partial charge in [0.25, 0.3) is 0 Å². The SMILES string of the molecule is CCCCCC1CCC(CCC2CCC(C(=O)Oc3ccc(CCC)nc3)CC2)CC1. The van der Waals surface area contributed by atoms with Crippen LogP contribution in [0.25, 0.3) is 0 Å². The summed E-state index contributed by atoms with van der Waals surface area (Å²) in [6.45, 7) is 4.45. The number of rotatable bonds is 11. The third-order valence-corrected chi connectivity index (χ3v) is 7.87. The Bertz CT molecular complexity index is 625. The summed E-state index contributed by atoms with van der Waals surface area (Å²) in [5.74, 6) is 3.42. The molecule has 174 valence electrons. The van der Waals surface area contributed by atoms with Crippen molar-refractivity contribution in [1.82, 2.24) is 4.98 Å². The molecular weight excluding hydrogens is 382 g/mol. The van der Waals surface area contributed by atoms with Gasteiger partial charge in [-0.1, -0.05) is 84.5 Å². The number of pyridine rings is 1. The van der Waals surface area contributed by atoms with Gasteiger partial charge in [-0.25, -0.2) is 0 Å². The molecule has 0 spiro atoms. The number of aromatic nitrogens is 1. The molecule has 0 amide bonds. The van der Waals surface area contributed by atoms with E-state index in [4.69, 9.17) is 4.74 Å². The van der Waals surface area contributed by atoms with Crippen LogP contribution in [-0.2, 0) is 11.2 Å². The molecule has 3 nitrogen and oxygen atoms in total. The van der Waals surface area contributed by atoms with Crippen molar-refractivity contribution in [2.75, 3.05) is 0 Å². The zero-order chi connectivity index (χ0) is 21.9. The van der Waals surface area contributed by atoms with Gasteiger partial charge in [0, 0.05) is 5.69 Å². The zero-order valence-corrected chi connectivity index (χ0v) is 20.1. The quantitative estimate of drug-likeness (QED) is 0.266. The summed E-state index contributed by atoms with van der Waals surface area (Å²) in [6.07, 6.45) is 22.5. The summed E-state index contributed by atoms with van der Waals surface area (Å²) >= 11 is 0. The third kappa shape index (κ3) is 8.24. The van der Waals surface area contributed by atoms with Crippen LogP contribution in [0.1, 0.15) is 116 Å². The van der Waals surface area contributed by atoms with Gasteiger partial charge >= 0.3 is 5.97 Å². The minimum atomic E-state index is -0.0510. The molecule has 0 aliphatic heterocycles. The van der Waals surface area contributed by atoms with E-state index in [-0.39, 0.29) is 11.9 Å². The average Bonchev–Trinajstić information content (AvgIpc) is 2.80. The van der Waals surface area contributed by atoms with E-state index in [1.807, 2.05) is 12.1 Å². The summed E-state index contributed by atoms with van der Waals surface area (Å²) in [5.41, 5.74) is 1.06. The Hall–Kier alpha value is -1.38. The van der Waals surface area contributed by atoms with Crippen molar-refractivity contribution < 1.29 is 9.53 Å². The molecule has 2 fully saturated rings. The predicted octanol–water partition coefficient (Wildman–Crippen LogP) is 7.91. The van der Waals surface area contributed by atoms with Crippen LogP contribution < -0.4 is 4.74 Å². The molecule has 0 aromatic carbocycles. The van der Waals surface area contributed by atoms with E-state index in [1.54, 1.807) is 6.20 Å². The second-order valence-corrected chi connectivity index (χ2v) is 10.3. The van der Waals surface area contributed by atoms with Crippen molar-refractivity contribution in [3.05, 3.63) is 24.0 Å². The first-order valence-corrected chi connectivity index (χ1v) is 13.3. The number of ether oxygens (including phenoxy) is 1. The Labute approximate surface area is 190 Å². The number of unbranched alkanes of at least 4 members (excludes halogenated alkanes) is 2. The van der Waals surface area contributed by atoms with Crippen molar-refractivity contribution in [3.63, 3.8) is 0 Å². The number of aryl methyl sites for hydroxylation is 1. The van der Waals surface area contributed by atoms with Crippen molar-refractivity contribution >= 4 is 5.97 Å². The fraction of sp³-hybridized carbons (Fsp3) is 0.786. The Morgan fingerprint density at radius 3 is 2.00 bits per heavy atom. The van der Waals surface area contributed by atoms with E-state index in [1.165, 1.54) is 77.0 Å². The molecular formula is C28H45NO2. The fourth-order valence-corrected chi connectivity index (χ4v) is 5.72. The summed E-state index contributed by atoms with van der Waals surface area (Å²) in [7, 11) is 0. The van der Waals surface area contributed by atoms with Crippen LogP contribution in [-0.4, -0.2) is 11.0 Å². The highest BCUT2D eigenvalue weighted by molar-refractivity contribution is 5.75. The second kappa shape index (κ2) is 13.2. The minimum absolute atomic E-state index is 0.0510. The highest BCUT2D eigenvalue weighted by atomic mass is 16.5. The lowest BCUT2D eigenvalue weighted by atomic mass is 9.75. The van der Waals surface area contributed by atoms with Gasteiger partial charge in [-0.15, -0.1) is 0 Å². The molecule has 1 heterocycles. The summed E-state index contributed by atoms with van der Waals surface area (Å²) in [4.78, 5) is 17.0. The minimum Gasteiger partial charge on any atom is -0.425 e. The standard InChI is InChI=1S/C28H45NO2/c1-3-5-6-8-22-9-11-23(12-10-22)13-14-24-15-17-25(18-16-24)28(30)31-27-20-19-26(7-4-2)29-21-27/h19-25H,3-18H2,1-2H3. The van der Waals surface area contributed by atoms with Gasteiger partial charge in [-0.3, -0.25) is 9.78 Å². The third-order valence-electron chi connectivity index (χ3n) is 7.87. The zero-order valence-electron chi connectivity index (χ0n) is 20.1. The van der Waals surface area contributed by atoms with E-state index in [0.29, 0.717) is 5.75 Å². The molecule has 2 aliphatic rings. The largest absolute Gasteiger partial charge is 0.425 e. The number of esters is 1. The molecule has 1 aromatic heterocycles. The Morgan fingerprint density at radius 2 is 1.45 bits per heavy atom. The van der Waals surface area contributed by atoms with Crippen LogP contribution in [0.15, 0.2) is 18.3 Å². The number of hydrogen-bond donors (Lipinski definition) is 0. The number of nitrogens with zero attached hydrogens (tertiary/aromatic N) is 1. The Balaban J connectivity index is 1.29. The van der Waals surface area contributed by atoms with Gasteiger partial charge in [0.15, 0.2) is 0 Å². The molecule has 1 aromatic rings. The molecule has 0 atom stereocenters. The number of carbonyl (C=O) groups is 1. The molecule has 0 unspecified atom stereocenters. The molecule has 2 saturated carbocycles. The highest BCUT2D eigenvalue weighted by Gasteiger charge is 2.29. The van der Waals surface area contributed by atoms with Crippen molar-refractivity contribution in [2.45, 2.75) is 117 Å². The van der Waals surface area contributed by atoms with E-state index in [9.17, 15) is 4.79 Å². The van der Waals surface area contributed by atoms with E-state index in [2.05, 4.69) is 18.8 Å². The average molecular weight is 428 g/mol. The molecule has 0 bridgehead atoms. The highest BCUT2D eigenvalue weighted by Crippen LogP contribution is 2.38. The lowest BCUT2D eigenvalue weighted by Crippen LogP contribution is -2.26. The van der Waals surface area contributed by atoms with E-state index in [0.717, 1.165) is 49.1 Å².